The van der Waals surface area contributed by atoms with Crippen molar-refractivity contribution in [1.29, 1.82) is 0 Å². The molecule has 2 N–H and O–H groups in total. The van der Waals surface area contributed by atoms with Crippen molar-refractivity contribution in [3.8, 4) is 5.75 Å². The summed E-state index contributed by atoms with van der Waals surface area (Å²) in [6, 6.07) is 7.31. The zero-order valence-electron chi connectivity index (χ0n) is 18.1. The summed E-state index contributed by atoms with van der Waals surface area (Å²) in [7, 11) is 1.58. The van der Waals surface area contributed by atoms with Gasteiger partial charge in [-0.15, -0.1) is 0 Å². The van der Waals surface area contributed by atoms with Crippen molar-refractivity contribution in [3.63, 3.8) is 0 Å². The van der Waals surface area contributed by atoms with Crippen LogP contribution in [-0.4, -0.2) is 51.5 Å². The first-order chi connectivity index (χ1) is 14.9. The Morgan fingerprint density at radius 3 is 2.68 bits per heavy atom. The Morgan fingerprint density at radius 1 is 1.23 bits per heavy atom. The molecule has 31 heavy (non-hydrogen) atoms. The van der Waals surface area contributed by atoms with Gasteiger partial charge in [-0.25, -0.2) is 4.98 Å². The molecule has 3 aromatic heterocycles. The van der Waals surface area contributed by atoms with Gasteiger partial charge in [0.1, 0.15) is 17.0 Å². The van der Waals surface area contributed by atoms with Gasteiger partial charge in [0, 0.05) is 38.4 Å². The van der Waals surface area contributed by atoms with Gasteiger partial charge in [-0.2, -0.15) is 0 Å². The van der Waals surface area contributed by atoms with Crippen molar-refractivity contribution in [3.05, 3.63) is 63.8 Å². The smallest absolute Gasteiger partial charge is 0.269 e. The van der Waals surface area contributed by atoms with E-state index < -0.39 is 0 Å². The minimum atomic E-state index is -0.273. The molecule has 0 saturated carbocycles. The number of ether oxygens (including phenoxy) is 1. The molecule has 0 bridgehead atoms. The molecule has 4 rings (SSSR count). The molecule has 1 amide bonds. The maximum Gasteiger partial charge on any atom is 0.269 e. The van der Waals surface area contributed by atoms with E-state index >= 15 is 0 Å². The number of carbonyl (C=O) groups excluding carboxylic acids is 1. The van der Waals surface area contributed by atoms with Gasteiger partial charge in [0.05, 0.1) is 17.2 Å². The van der Waals surface area contributed by atoms with Gasteiger partial charge in [0.2, 0.25) is 0 Å². The minimum Gasteiger partial charge on any atom is -0.483 e. The van der Waals surface area contributed by atoms with Gasteiger partial charge in [0.15, 0.2) is 0 Å². The lowest BCUT2D eigenvalue weighted by Crippen LogP contribution is -2.64. The van der Waals surface area contributed by atoms with Crippen molar-refractivity contribution in [1.82, 2.24) is 25.2 Å². The van der Waals surface area contributed by atoms with Gasteiger partial charge in [-0.05, 0) is 42.7 Å². The lowest BCUT2D eigenvalue weighted by molar-refractivity contribution is -0.0836. The summed E-state index contributed by atoms with van der Waals surface area (Å²) < 4.78 is 6.24. The predicted octanol–water partition coefficient (Wildman–Crippen LogP) is 2.28. The van der Waals surface area contributed by atoms with Gasteiger partial charge in [-0.1, -0.05) is 13.8 Å². The molecule has 3 aromatic rings. The van der Waals surface area contributed by atoms with Gasteiger partial charge < -0.3 is 15.0 Å². The summed E-state index contributed by atoms with van der Waals surface area (Å²) in [5, 5.41) is 2.56. The molecule has 1 fully saturated rings. The van der Waals surface area contributed by atoms with Crippen LogP contribution in [0.2, 0.25) is 0 Å². The predicted molar refractivity (Wildman–Crippen MR) is 118 cm³/mol. The molecule has 0 atom stereocenters. The summed E-state index contributed by atoms with van der Waals surface area (Å²) in [5.74, 6) is 0.439. The number of pyridine rings is 3. The molecule has 0 spiro atoms. The van der Waals surface area contributed by atoms with Gasteiger partial charge >= 0.3 is 0 Å². The number of H-pyrrole nitrogens is 1. The summed E-state index contributed by atoms with van der Waals surface area (Å²) in [6.45, 7) is 6.37. The number of hydrogen-bond acceptors (Lipinski definition) is 6. The largest absolute Gasteiger partial charge is 0.483 e. The highest BCUT2D eigenvalue weighted by atomic mass is 16.5. The van der Waals surface area contributed by atoms with Crippen LogP contribution in [0.25, 0.3) is 11.0 Å². The number of carbonyl (C=O) groups is 1. The topological polar surface area (TPSA) is 100 Å². The molecule has 1 aliphatic rings. The van der Waals surface area contributed by atoms with Crippen LogP contribution in [0.3, 0.4) is 0 Å². The fourth-order valence-corrected chi connectivity index (χ4v) is 3.97. The number of fused-ring (bicyclic) bond motifs is 1. The molecule has 162 valence electrons. The maximum absolute atomic E-state index is 12.1. The van der Waals surface area contributed by atoms with Crippen molar-refractivity contribution in [2.75, 3.05) is 20.1 Å². The van der Waals surface area contributed by atoms with E-state index in [9.17, 15) is 9.59 Å². The highest BCUT2D eigenvalue weighted by molar-refractivity contribution is 5.92. The lowest BCUT2D eigenvalue weighted by atomic mass is 9.90. The van der Waals surface area contributed by atoms with Crippen LogP contribution >= 0.6 is 0 Å². The SMILES string of the molecule is CCc1cc2ncc(CN3CC(CC)(Oc4ccc(C(=O)NC)nc4)C3)cc2[nH]c1=O. The summed E-state index contributed by atoms with van der Waals surface area (Å²) >= 11 is 0. The van der Waals surface area contributed by atoms with E-state index in [2.05, 4.69) is 32.1 Å². The number of aromatic nitrogens is 3. The van der Waals surface area contributed by atoms with E-state index in [1.54, 1.807) is 25.4 Å². The first kappa shape index (κ1) is 21.0. The standard InChI is InChI=1S/C23H27N5O3/c1-4-16-9-19-20(27-21(16)29)8-15(10-25-19)12-28-13-23(5-2,14-28)31-17-6-7-18(26-11-17)22(30)24-3/h6-11H,4-5,12-14H2,1-3H3,(H,24,30)(H,27,29). The zero-order chi connectivity index (χ0) is 22.0. The normalized spacial score (nSPS) is 15.5. The van der Waals surface area contributed by atoms with Gasteiger partial charge in [0.25, 0.3) is 11.5 Å². The zero-order valence-corrected chi connectivity index (χ0v) is 18.1. The molecule has 1 aliphatic heterocycles. The van der Waals surface area contributed by atoms with Crippen LogP contribution < -0.4 is 15.6 Å². The third kappa shape index (κ3) is 4.29. The van der Waals surface area contributed by atoms with Crippen LogP contribution in [0.1, 0.15) is 41.9 Å². The monoisotopic (exact) mass is 421 g/mol. The fraction of sp³-hybridized carbons (Fsp3) is 0.391. The van der Waals surface area contributed by atoms with E-state index in [1.807, 2.05) is 25.3 Å². The number of rotatable bonds is 7. The van der Waals surface area contributed by atoms with Crippen LogP contribution in [0.15, 0.2) is 41.5 Å². The molecule has 1 saturated heterocycles. The number of hydrogen-bond donors (Lipinski definition) is 2. The second-order valence-electron chi connectivity index (χ2n) is 8.00. The number of amides is 1. The third-order valence-corrected chi connectivity index (χ3v) is 5.81. The molecule has 4 heterocycles. The summed E-state index contributed by atoms with van der Waals surface area (Å²) in [6.07, 6.45) is 5.02. The van der Waals surface area contributed by atoms with Crippen molar-refractivity contribution in [2.24, 2.45) is 0 Å². The van der Waals surface area contributed by atoms with Crippen LogP contribution in [0.4, 0.5) is 0 Å². The Kier molecular flexibility index (Phi) is 5.73. The van der Waals surface area contributed by atoms with E-state index in [0.29, 0.717) is 17.9 Å². The number of nitrogens with zero attached hydrogens (tertiary/aromatic N) is 3. The fourth-order valence-electron chi connectivity index (χ4n) is 3.97. The Bertz CT molecular complexity index is 1150. The average Bonchev–Trinajstić information content (AvgIpc) is 2.76. The molecule has 8 nitrogen and oxygen atoms in total. The Hall–Kier alpha value is -3.26. The lowest BCUT2D eigenvalue weighted by Gasteiger charge is -2.49. The van der Waals surface area contributed by atoms with Crippen molar-refractivity contribution in [2.45, 2.75) is 38.8 Å². The molecule has 0 radical (unpaired) electrons. The van der Waals surface area contributed by atoms with E-state index in [0.717, 1.165) is 48.2 Å². The average molecular weight is 422 g/mol. The quantitative estimate of drug-likeness (QED) is 0.607. The van der Waals surface area contributed by atoms with E-state index in [4.69, 9.17) is 4.74 Å². The molecule has 0 unspecified atom stereocenters. The molecule has 0 aromatic carbocycles. The second-order valence-corrected chi connectivity index (χ2v) is 8.00. The van der Waals surface area contributed by atoms with Crippen molar-refractivity contribution >= 4 is 16.9 Å². The van der Waals surface area contributed by atoms with Crippen LogP contribution in [-0.2, 0) is 13.0 Å². The Labute approximate surface area is 180 Å². The molecule has 0 aliphatic carbocycles. The molecular formula is C23H27N5O3. The number of nitrogens with one attached hydrogen (secondary N) is 2. The Balaban J connectivity index is 1.41. The first-order valence-corrected chi connectivity index (χ1v) is 10.6. The number of aryl methyl sites for hydroxylation is 1. The molecular weight excluding hydrogens is 394 g/mol. The third-order valence-electron chi connectivity index (χ3n) is 5.81. The maximum atomic E-state index is 12.1. The molecule has 8 heteroatoms. The highest BCUT2D eigenvalue weighted by Gasteiger charge is 2.43. The van der Waals surface area contributed by atoms with Crippen LogP contribution in [0.5, 0.6) is 5.75 Å². The first-order valence-electron chi connectivity index (χ1n) is 10.6. The minimum absolute atomic E-state index is 0.0488. The number of aromatic amines is 1. The number of likely N-dealkylation sites (tertiary alicyclic amines) is 1. The summed E-state index contributed by atoms with van der Waals surface area (Å²) in [5.41, 5.74) is 3.41. The van der Waals surface area contributed by atoms with Crippen molar-refractivity contribution < 1.29 is 9.53 Å². The second kappa shape index (κ2) is 8.47. The van der Waals surface area contributed by atoms with E-state index in [-0.39, 0.29) is 17.1 Å². The Morgan fingerprint density at radius 2 is 2.03 bits per heavy atom. The van der Waals surface area contributed by atoms with Gasteiger partial charge in [-0.3, -0.25) is 19.5 Å². The van der Waals surface area contributed by atoms with E-state index in [1.165, 1.54) is 0 Å². The van der Waals surface area contributed by atoms with Crippen LogP contribution in [0, 0.1) is 0 Å². The highest BCUT2D eigenvalue weighted by Crippen LogP contribution is 2.31. The summed E-state index contributed by atoms with van der Waals surface area (Å²) in [4.78, 5) is 37.7.